The van der Waals surface area contributed by atoms with Crippen molar-refractivity contribution >= 4 is 5.82 Å². The van der Waals surface area contributed by atoms with Crippen molar-refractivity contribution in [3.8, 4) is 0 Å². The number of aliphatic hydroxyl groups is 1. The predicted octanol–water partition coefficient (Wildman–Crippen LogP) is 1.44. The molecule has 86 valence electrons. The van der Waals surface area contributed by atoms with Crippen molar-refractivity contribution < 1.29 is 5.11 Å². The highest BCUT2D eigenvalue weighted by molar-refractivity contribution is 5.44. The van der Waals surface area contributed by atoms with Crippen LogP contribution in [0.3, 0.4) is 0 Å². The molecule has 0 saturated carbocycles. The fraction of sp³-hybridized carbons (Fsp3) is 0.500. The van der Waals surface area contributed by atoms with E-state index in [1.165, 1.54) is 0 Å². The van der Waals surface area contributed by atoms with E-state index in [0.717, 1.165) is 23.6 Å². The Kier molecular flexibility index (Phi) is 3.19. The minimum atomic E-state index is 0.219. The van der Waals surface area contributed by atoms with Gasteiger partial charge in [0.05, 0.1) is 0 Å². The molecule has 0 saturated heterocycles. The SMILES string of the molecule is Cc1ncc(C)c(N[C@@H]2C=C[C@H](CO)C2)n1. The molecule has 16 heavy (non-hydrogen) atoms. The molecule has 0 bridgehead atoms. The second kappa shape index (κ2) is 4.61. The first-order chi connectivity index (χ1) is 7.69. The Morgan fingerprint density at radius 2 is 2.25 bits per heavy atom. The van der Waals surface area contributed by atoms with Crippen LogP contribution in [-0.2, 0) is 0 Å². The number of aryl methyl sites for hydroxylation is 2. The van der Waals surface area contributed by atoms with Crippen molar-refractivity contribution in [3.63, 3.8) is 0 Å². The summed E-state index contributed by atoms with van der Waals surface area (Å²) in [4.78, 5) is 8.50. The molecule has 2 N–H and O–H groups in total. The summed E-state index contributed by atoms with van der Waals surface area (Å²) < 4.78 is 0. The van der Waals surface area contributed by atoms with E-state index in [2.05, 4.69) is 27.4 Å². The van der Waals surface area contributed by atoms with Crippen molar-refractivity contribution in [3.05, 3.63) is 29.7 Å². The summed E-state index contributed by atoms with van der Waals surface area (Å²) in [7, 11) is 0. The number of rotatable bonds is 3. The maximum atomic E-state index is 9.04. The Hall–Kier alpha value is -1.42. The summed E-state index contributed by atoms with van der Waals surface area (Å²) in [5, 5.41) is 12.4. The Morgan fingerprint density at radius 1 is 1.44 bits per heavy atom. The van der Waals surface area contributed by atoms with E-state index in [1.54, 1.807) is 0 Å². The molecule has 0 fully saturated rings. The molecular formula is C12H17N3O. The first kappa shape index (κ1) is 11.1. The van der Waals surface area contributed by atoms with Crippen molar-refractivity contribution in [2.45, 2.75) is 26.3 Å². The molecule has 2 rings (SSSR count). The molecule has 1 aromatic rings. The van der Waals surface area contributed by atoms with E-state index in [-0.39, 0.29) is 18.6 Å². The highest BCUT2D eigenvalue weighted by atomic mass is 16.3. The van der Waals surface area contributed by atoms with Gasteiger partial charge in [-0.1, -0.05) is 12.2 Å². The van der Waals surface area contributed by atoms with Gasteiger partial charge in [-0.3, -0.25) is 0 Å². The molecule has 0 spiro atoms. The smallest absolute Gasteiger partial charge is 0.133 e. The number of anilines is 1. The molecule has 0 unspecified atom stereocenters. The van der Waals surface area contributed by atoms with Gasteiger partial charge in [0.1, 0.15) is 11.6 Å². The summed E-state index contributed by atoms with van der Waals surface area (Å²) in [6.07, 6.45) is 6.91. The molecule has 4 nitrogen and oxygen atoms in total. The normalized spacial score (nSPS) is 23.7. The zero-order valence-corrected chi connectivity index (χ0v) is 9.64. The molecule has 0 radical (unpaired) electrons. The maximum Gasteiger partial charge on any atom is 0.133 e. The molecule has 0 aromatic carbocycles. The third-order valence-corrected chi connectivity index (χ3v) is 2.82. The van der Waals surface area contributed by atoms with Crippen LogP contribution in [0, 0.1) is 19.8 Å². The van der Waals surface area contributed by atoms with Gasteiger partial charge in [0.15, 0.2) is 0 Å². The third kappa shape index (κ3) is 2.39. The zero-order valence-electron chi connectivity index (χ0n) is 9.64. The summed E-state index contributed by atoms with van der Waals surface area (Å²) in [5.41, 5.74) is 1.05. The second-order valence-corrected chi connectivity index (χ2v) is 4.26. The lowest BCUT2D eigenvalue weighted by Crippen LogP contribution is -2.18. The van der Waals surface area contributed by atoms with Gasteiger partial charge in [-0.2, -0.15) is 0 Å². The largest absolute Gasteiger partial charge is 0.396 e. The lowest BCUT2D eigenvalue weighted by atomic mass is 10.1. The van der Waals surface area contributed by atoms with Crippen LogP contribution in [0.25, 0.3) is 0 Å². The molecule has 1 aliphatic rings. The standard InChI is InChI=1S/C12H17N3O/c1-8-6-13-9(2)14-12(8)15-11-4-3-10(5-11)7-16/h3-4,6,10-11,16H,5,7H2,1-2H3,(H,13,14,15)/t10-,11+/m0/s1. The lowest BCUT2D eigenvalue weighted by Gasteiger charge is -2.15. The van der Waals surface area contributed by atoms with Crippen LogP contribution in [0.15, 0.2) is 18.3 Å². The third-order valence-electron chi connectivity index (χ3n) is 2.82. The first-order valence-electron chi connectivity index (χ1n) is 5.55. The fourth-order valence-corrected chi connectivity index (χ4v) is 1.87. The van der Waals surface area contributed by atoms with E-state index in [9.17, 15) is 0 Å². The van der Waals surface area contributed by atoms with E-state index in [0.29, 0.717) is 0 Å². The predicted molar refractivity (Wildman–Crippen MR) is 63.2 cm³/mol. The Bertz CT molecular complexity index is 403. The molecule has 1 heterocycles. The highest BCUT2D eigenvalue weighted by Gasteiger charge is 2.18. The van der Waals surface area contributed by atoms with E-state index < -0.39 is 0 Å². The Morgan fingerprint density at radius 3 is 2.94 bits per heavy atom. The van der Waals surface area contributed by atoms with Crippen molar-refractivity contribution in [2.24, 2.45) is 5.92 Å². The van der Waals surface area contributed by atoms with Gasteiger partial charge in [0, 0.05) is 30.3 Å². The Balaban J connectivity index is 2.05. The van der Waals surface area contributed by atoms with Crippen LogP contribution in [-0.4, -0.2) is 27.7 Å². The van der Waals surface area contributed by atoms with E-state index in [1.807, 2.05) is 20.0 Å². The van der Waals surface area contributed by atoms with Crippen LogP contribution >= 0.6 is 0 Å². The average molecular weight is 219 g/mol. The molecule has 0 aliphatic heterocycles. The van der Waals surface area contributed by atoms with Crippen LogP contribution in [0.4, 0.5) is 5.82 Å². The van der Waals surface area contributed by atoms with Gasteiger partial charge < -0.3 is 10.4 Å². The van der Waals surface area contributed by atoms with E-state index >= 15 is 0 Å². The summed E-state index contributed by atoms with van der Waals surface area (Å²) in [5.74, 6) is 1.94. The quantitative estimate of drug-likeness (QED) is 0.755. The topological polar surface area (TPSA) is 58.0 Å². The summed E-state index contributed by atoms with van der Waals surface area (Å²) in [6.45, 7) is 4.09. The van der Waals surface area contributed by atoms with Crippen molar-refractivity contribution in [1.82, 2.24) is 9.97 Å². The van der Waals surface area contributed by atoms with Gasteiger partial charge in [-0.15, -0.1) is 0 Å². The van der Waals surface area contributed by atoms with E-state index in [4.69, 9.17) is 5.11 Å². The number of hydrogen-bond donors (Lipinski definition) is 2. The van der Waals surface area contributed by atoms with Crippen LogP contribution in [0.1, 0.15) is 17.8 Å². The minimum absolute atomic E-state index is 0.219. The minimum Gasteiger partial charge on any atom is -0.396 e. The van der Waals surface area contributed by atoms with Gasteiger partial charge in [0.2, 0.25) is 0 Å². The van der Waals surface area contributed by atoms with Gasteiger partial charge in [-0.05, 0) is 20.3 Å². The lowest BCUT2D eigenvalue weighted by molar-refractivity contribution is 0.250. The van der Waals surface area contributed by atoms with Gasteiger partial charge in [-0.25, -0.2) is 9.97 Å². The number of hydrogen-bond acceptors (Lipinski definition) is 4. The number of nitrogens with one attached hydrogen (secondary N) is 1. The highest BCUT2D eigenvalue weighted by Crippen LogP contribution is 2.21. The maximum absolute atomic E-state index is 9.04. The number of nitrogens with zero attached hydrogens (tertiary/aromatic N) is 2. The molecule has 1 aliphatic carbocycles. The monoisotopic (exact) mass is 219 g/mol. The van der Waals surface area contributed by atoms with Crippen LogP contribution in [0.2, 0.25) is 0 Å². The number of aliphatic hydroxyl groups excluding tert-OH is 1. The molecular weight excluding hydrogens is 202 g/mol. The fourth-order valence-electron chi connectivity index (χ4n) is 1.87. The van der Waals surface area contributed by atoms with Crippen LogP contribution in [0.5, 0.6) is 0 Å². The average Bonchev–Trinajstić information content (AvgIpc) is 2.71. The second-order valence-electron chi connectivity index (χ2n) is 4.26. The molecule has 2 atom stereocenters. The number of aromatic nitrogens is 2. The van der Waals surface area contributed by atoms with Crippen molar-refractivity contribution in [2.75, 3.05) is 11.9 Å². The molecule has 1 aromatic heterocycles. The van der Waals surface area contributed by atoms with Gasteiger partial charge >= 0.3 is 0 Å². The zero-order chi connectivity index (χ0) is 11.5. The Labute approximate surface area is 95.4 Å². The van der Waals surface area contributed by atoms with Crippen LogP contribution < -0.4 is 5.32 Å². The van der Waals surface area contributed by atoms with Gasteiger partial charge in [0.25, 0.3) is 0 Å². The summed E-state index contributed by atoms with van der Waals surface area (Å²) in [6, 6.07) is 0.269. The summed E-state index contributed by atoms with van der Waals surface area (Å²) >= 11 is 0. The molecule has 4 heteroatoms. The molecule has 0 amide bonds. The van der Waals surface area contributed by atoms with Crippen molar-refractivity contribution in [1.29, 1.82) is 0 Å². The first-order valence-corrected chi connectivity index (χ1v) is 5.55.